The minimum Gasteiger partial charge on any atom is -0.256 e. The molecule has 0 saturated heterocycles. The third kappa shape index (κ3) is 2.13. The summed E-state index contributed by atoms with van der Waals surface area (Å²) in [6, 6.07) is 20.0. The summed E-state index contributed by atoms with van der Waals surface area (Å²) in [7, 11) is 0. The summed E-state index contributed by atoms with van der Waals surface area (Å²) in [5.41, 5.74) is 3.04. The first-order valence-electron chi connectivity index (χ1n) is 5.86. The minimum atomic E-state index is 0.957. The lowest BCUT2D eigenvalue weighted by atomic mass is 10.1. The van der Waals surface area contributed by atoms with E-state index in [4.69, 9.17) is 0 Å². The number of hydrogen-bond donors (Lipinski definition) is 0. The Labute approximate surface area is 106 Å². The lowest BCUT2D eigenvalue weighted by Crippen LogP contribution is -1.86. The van der Waals surface area contributed by atoms with Crippen LogP contribution >= 0.6 is 0 Å². The van der Waals surface area contributed by atoms with Crippen molar-refractivity contribution in [1.82, 2.24) is 4.98 Å². The monoisotopic (exact) mass is 232 g/mol. The summed E-state index contributed by atoms with van der Waals surface area (Å²) < 4.78 is 0. The highest BCUT2D eigenvalue weighted by molar-refractivity contribution is 5.98. The van der Waals surface area contributed by atoms with Gasteiger partial charge in [0, 0.05) is 23.4 Å². The molecule has 2 aromatic carbocycles. The van der Waals surface area contributed by atoms with Gasteiger partial charge in [-0.3, -0.25) is 9.98 Å². The molecule has 0 bridgehead atoms. The fraction of sp³-hybridized carbons (Fsp3) is 0. The van der Waals surface area contributed by atoms with Gasteiger partial charge in [-0.1, -0.05) is 36.4 Å². The topological polar surface area (TPSA) is 25.2 Å². The molecule has 0 atom stereocenters. The number of aliphatic imine (C=N–C) groups is 1. The van der Waals surface area contributed by atoms with E-state index in [2.05, 4.69) is 16.0 Å². The zero-order valence-corrected chi connectivity index (χ0v) is 9.82. The molecule has 1 aromatic heterocycles. The van der Waals surface area contributed by atoms with E-state index in [1.54, 1.807) is 0 Å². The molecule has 0 spiro atoms. The molecule has 0 fully saturated rings. The van der Waals surface area contributed by atoms with Crippen molar-refractivity contribution in [1.29, 1.82) is 0 Å². The lowest BCUT2D eigenvalue weighted by Gasteiger charge is -2.00. The zero-order chi connectivity index (χ0) is 12.2. The summed E-state index contributed by atoms with van der Waals surface area (Å²) in [5.74, 6) is 0. The van der Waals surface area contributed by atoms with Crippen LogP contribution in [0, 0.1) is 0 Å². The second-order valence-electron chi connectivity index (χ2n) is 4.01. The third-order valence-electron chi connectivity index (χ3n) is 2.79. The quantitative estimate of drug-likeness (QED) is 0.613. The number of pyridine rings is 1. The van der Waals surface area contributed by atoms with Crippen LogP contribution in [0.3, 0.4) is 0 Å². The van der Waals surface area contributed by atoms with Crippen molar-refractivity contribution >= 4 is 22.8 Å². The van der Waals surface area contributed by atoms with E-state index >= 15 is 0 Å². The first-order valence-corrected chi connectivity index (χ1v) is 5.86. The number of aromatic nitrogens is 1. The number of para-hydroxylation sites is 2. The van der Waals surface area contributed by atoms with Gasteiger partial charge in [-0.05, 0) is 24.3 Å². The van der Waals surface area contributed by atoms with E-state index < -0.39 is 0 Å². The Bertz CT molecular complexity index is 682. The Morgan fingerprint density at radius 3 is 2.50 bits per heavy atom. The van der Waals surface area contributed by atoms with Crippen LogP contribution in [0.5, 0.6) is 0 Å². The first-order chi connectivity index (χ1) is 8.93. The number of fused-ring (bicyclic) bond motifs is 1. The van der Waals surface area contributed by atoms with Crippen LogP contribution in [0.2, 0.25) is 0 Å². The van der Waals surface area contributed by atoms with Crippen molar-refractivity contribution in [3.05, 3.63) is 72.4 Å². The molecule has 2 heteroatoms. The van der Waals surface area contributed by atoms with Crippen LogP contribution in [-0.4, -0.2) is 11.2 Å². The third-order valence-corrected chi connectivity index (χ3v) is 2.79. The molecule has 3 rings (SSSR count). The second-order valence-corrected chi connectivity index (χ2v) is 4.01. The number of rotatable bonds is 2. The molecule has 2 nitrogen and oxygen atoms in total. The molecule has 0 aliphatic carbocycles. The van der Waals surface area contributed by atoms with E-state index in [9.17, 15) is 0 Å². The van der Waals surface area contributed by atoms with E-state index in [-0.39, 0.29) is 0 Å². The van der Waals surface area contributed by atoms with E-state index in [1.807, 2.05) is 67.0 Å². The standard InChI is InChI=1S/C16H12N2/c1-2-6-14(7-3-1)18-12-13-10-11-17-16-9-5-4-8-15(13)16/h1-12H. The molecule has 0 saturated carbocycles. The maximum Gasteiger partial charge on any atom is 0.0708 e. The van der Waals surface area contributed by atoms with Crippen LogP contribution in [0.4, 0.5) is 5.69 Å². The van der Waals surface area contributed by atoms with Crippen molar-refractivity contribution in [3.63, 3.8) is 0 Å². The lowest BCUT2D eigenvalue weighted by molar-refractivity contribution is 1.40. The highest BCUT2D eigenvalue weighted by Crippen LogP contribution is 2.16. The van der Waals surface area contributed by atoms with Gasteiger partial charge in [-0.25, -0.2) is 0 Å². The predicted molar refractivity (Wildman–Crippen MR) is 75.4 cm³/mol. The largest absolute Gasteiger partial charge is 0.256 e. The molecule has 0 N–H and O–H groups in total. The van der Waals surface area contributed by atoms with Crippen LogP contribution in [0.15, 0.2) is 71.9 Å². The number of hydrogen-bond acceptors (Lipinski definition) is 2. The normalized spacial score (nSPS) is 11.1. The maximum atomic E-state index is 4.47. The van der Waals surface area contributed by atoms with Gasteiger partial charge in [0.1, 0.15) is 0 Å². The maximum absolute atomic E-state index is 4.47. The SMILES string of the molecule is C(=Nc1ccccc1)c1ccnc2ccccc12. The number of benzene rings is 2. The summed E-state index contributed by atoms with van der Waals surface area (Å²) >= 11 is 0. The van der Waals surface area contributed by atoms with Gasteiger partial charge < -0.3 is 0 Å². The number of nitrogens with zero attached hydrogens (tertiary/aromatic N) is 2. The average molecular weight is 232 g/mol. The first kappa shape index (κ1) is 10.7. The molecule has 0 radical (unpaired) electrons. The molecule has 0 aliphatic heterocycles. The molecular formula is C16H12N2. The van der Waals surface area contributed by atoms with Crippen molar-refractivity contribution in [2.45, 2.75) is 0 Å². The Morgan fingerprint density at radius 1 is 0.833 bits per heavy atom. The minimum absolute atomic E-state index is 0.957. The van der Waals surface area contributed by atoms with Gasteiger partial charge in [0.05, 0.1) is 11.2 Å². The average Bonchev–Trinajstić information content (AvgIpc) is 2.46. The Kier molecular flexibility index (Phi) is 2.84. The summed E-state index contributed by atoms with van der Waals surface area (Å²) in [4.78, 5) is 8.81. The van der Waals surface area contributed by atoms with Crippen LogP contribution < -0.4 is 0 Å². The van der Waals surface area contributed by atoms with Crippen LogP contribution in [-0.2, 0) is 0 Å². The summed E-state index contributed by atoms with van der Waals surface area (Å²) in [6.07, 6.45) is 3.70. The van der Waals surface area contributed by atoms with Gasteiger partial charge in [-0.15, -0.1) is 0 Å². The van der Waals surface area contributed by atoms with Crippen LogP contribution in [0.1, 0.15) is 5.56 Å². The van der Waals surface area contributed by atoms with E-state index in [1.165, 1.54) is 0 Å². The smallest absolute Gasteiger partial charge is 0.0708 e. The predicted octanol–water partition coefficient (Wildman–Crippen LogP) is 3.99. The van der Waals surface area contributed by atoms with Crippen molar-refractivity contribution < 1.29 is 0 Å². The van der Waals surface area contributed by atoms with Crippen molar-refractivity contribution in [2.75, 3.05) is 0 Å². The molecule has 0 unspecified atom stereocenters. The van der Waals surface area contributed by atoms with Crippen LogP contribution in [0.25, 0.3) is 10.9 Å². The Balaban J connectivity index is 2.03. The molecule has 3 aromatic rings. The molecular weight excluding hydrogens is 220 g/mol. The zero-order valence-electron chi connectivity index (χ0n) is 9.82. The molecule has 86 valence electrons. The van der Waals surface area contributed by atoms with Gasteiger partial charge in [-0.2, -0.15) is 0 Å². The van der Waals surface area contributed by atoms with Crippen molar-refractivity contribution in [2.24, 2.45) is 4.99 Å². The van der Waals surface area contributed by atoms with Gasteiger partial charge >= 0.3 is 0 Å². The highest BCUT2D eigenvalue weighted by Gasteiger charge is 1.97. The summed E-state index contributed by atoms with van der Waals surface area (Å²) in [6.45, 7) is 0. The fourth-order valence-corrected chi connectivity index (χ4v) is 1.89. The fourth-order valence-electron chi connectivity index (χ4n) is 1.89. The van der Waals surface area contributed by atoms with Crippen molar-refractivity contribution in [3.8, 4) is 0 Å². The summed E-state index contributed by atoms with van der Waals surface area (Å²) in [5, 5.41) is 1.12. The second kappa shape index (κ2) is 4.80. The Morgan fingerprint density at radius 2 is 1.61 bits per heavy atom. The van der Waals surface area contributed by atoms with E-state index in [0.717, 1.165) is 22.2 Å². The van der Waals surface area contributed by atoms with Gasteiger partial charge in [0.25, 0.3) is 0 Å². The van der Waals surface area contributed by atoms with E-state index in [0.29, 0.717) is 0 Å². The highest BCUT2D eigenvalue weighted by atomic mass is 14.7. The molecule has 0 aliphatic rings. The molecule has 0 amide bonds. The molecule has 1 heterocycles. The Hall–Kier alpha value is -2.48. The van der Waals surface area contributed by atoms with Gasteiger partial charge in [0.2, 0.25) is 0 Å². The van der Waals surface area contributed by atoms with Gasteiger partial charge in [0.15, 0.2) is 0 Å². The molecule has 18 heavy (non-hydrogen) atoms.